The number of rotatable bonds is 3. The molecule has 0 saturated heterocycles. The van der Waals surface area contributed by atoms with E-state index in [1.807, 2.05) is 0 Å². The fourth-order valence-corrected chi connectivity index (χ4v) is 1.07. The molecule has 0 aromatic heterocycles. The Morgan fingerprint density at radius 1 is 1.60 bits per heavy atom. The maximum Gasteiger partial charge on any atom is 0.422 e. The highest BCUT2D eigenvalue weighted by Crippen LogP contribution is 2.14. The lowest BCUT2D eigenvalue weighted by Gasteiger charge is -2.03. The number of carbonyl (C=O) groups is 1. The molecule has 5 heteroatoms. The zero-order valence-corrected chi connectivity index (χ0v) is 6.99. The van der Waals surface area contributed by atoms with Crippen molar-refractivity contribution in [1.82, 2.24) is 0 Å². The second-order valence-corrected chi connectivity index (χ2v) is 4.79. The molecule has 0 fully saturated rings. The average molecular weight is 168 g/mol. The van der Waals surface area contributed by atoms with Crippen molar-refractivity contribution >= 4 is 14.7 Å². The molecule has 0 amide bonds. The molecule has 0 N–H and O–H groups in total. The zero-order valence-electron chi connectivity index (χ0n) is 5.99. The van der Waals surface area contributed by atoms with Crippen LogP contribution in [0.5, 0.6) is 0 Å². The maximum atomic E-state index is 12.2. The van der Waals surface area contributed by atoms with Crippen molar-refractivity contribution in [2.75, 3.05) is 7.11 Å². The Kier molecular flexibility index (Phi) is 3.49. The molecule has 0 aromatic rings. The molecular formula is C5H10F2O2Si. The Morgan fingerprint density at radius 2 is 2.10 bits per heavy atom. The molecule has 0 aliphatic rings. The van der Waals surface area contributed by atoms with Gasteiger partial charge in [-0.15, -0.1) is 0 Å². The molecule has 0 spiro atoms. The molecule has 0 aliphatic carbocycles. The van der Waals surface area contributed by atoms with E-state index in [2.05, 4.69) is 4.74 Å². The zero-order chi connectivity index (χ0) is 8.20. The van der Waals surface area contributed by atoms with Crippen LogP contribution in [-0.4, -0.2) is 21.8 Å². The molecule has 0 aromatic carbocycles. The van der Waals surface area contributed by atoms with E-state index in [9.17, 15) is 13.0 Å². The van der Waals surface area contributed by atoms with Crippen molar-refractivity contribution in [3.05, 3.63) is 0 Å². The molecule has 0 saturated carbocycles. The van der Waals surface area contributed by atoms with Gasteiger partial charge in [-0.2, -0.15) is 0 Å². The highest BCUT2D eigenvalue weighted by molar-refractivity contribution is 6.64. The van der Waals surface area contributed by atoms with Gasteiger partial charge in [0.2, 0.25) is 0 Å². The fourth-order valence-electron chi connectivity index (χ4n) is 0.424. The van der Waals surface area contributed by atoms with Crippen LogP contribution in [0.1, 0.15) is 6.42 Å². The molecule has 0 bridgehead atoms. The summed E-state index contributed by atoms with van der Waals surface area (Å²) in [6, 6.07) is -0.306. The number of halogens is 2. The minimum Gasteiger partial charge on any atom is -0.469 e. The summed E-state index contributed by atoms with van der Waals surface area (Å²) in [5.41, 5.74) is 0. The first kappa shape index (κ1) is 9.55. The first-order chi connectivity index (χ1) is 4.45. The van der Waals surface area contributed by atoms with Crippen molar-refractivity contribution in [2.24, 2.45) is 0 Å². The minimum atomic E-state index is -4.04. The number of hydrogen-bond donors (Lipinski definition) is 0. The van der Waals surface area contributed by atoms with Crippen LogP contribution in [0.4, 0.5) is 8.22 Å². The summed E-state index contributed by atoms with van der Waals surface area (Å²) < 4.78 is 28.5. The molecule has 10 heavy (non-hydrogen) atoms. The van der Waals surface area contributed by atoms with Crippen LogP contribution in [0.3, 0.4) is 0 Å². The third-order valence-corrected chi connectivity index (χ3v) is 2.12. The van der Waals surface area contributed by atoms with Crippen molar-refractivity contribution in [3.63, 3.8) is 0 Å². The van der Waals surface area contributed by atoms with Crippen LogP contribution in [0.2, 0.25) is 12.6 Å². The summed E-state index contributed by atoms with van der Waals surface area (Å²) in [6.45, 7) is 0.913. The molecule has 60 valence electrons. The third kappa shape index (κ3) is 5.68. The minimum absolute atomic E-state index is 0.160. The van der Waals surface area contributed by atoms with E-state index in [-0.39, 0.29) is 12.5 Å². The fraction of sp³-hybridized carbons (Fsp3) is 0.800. The van der Waals surface area contributed by atoms with E-state index in [0.29, 0.717) is 0 Å². The topological polar surface area (TPSA) is 26.3 Å². The van der Waals surface area contributed by atoms with Crippen molar-refractivity contribution < 1.29 is 17.7 Å². The summed E-state index contributed by atoms with van der Waals surface area (Å²) in [4.78, 5) is 10.3. The van der Waals surface area contributed by atoms with Gasteiger partial charge < -0.3 is 4.74 Å². The van der Waals surface area contributed by atoms with E-state index in [0.717, 1.165) is 6.55 Å². The summed E-state index contributed by atoms with van der Waals surface area (Å²) in [7, 11) is -2.84. The van der Waals surface area contributed by atoms with Crippen molar-refractivity contribution in [1.29, 1.82) is 0 Å². The van der Waals surface area contributed by atoms with Crippen molar-refractivity contribution in [3.8, 4) is 0 Å². The van der Waals surface area contributed by atoms with Crippen LogP contribution in [-0.2, 0) is 9.53 Å². The van der Waals surface area contributed by atoms with E-state index in [1.165, 1.54) is 7.11 Å². The van der Waals surface area contributed by atoms with E-state index < -0.39 is 14.7 Å². The monoisotopic (exact) mass is 168 g/mol. The van der Waals surface area contributed by atoms with Crippen LogP contribution in [0.15, 0.2) is 0 Å². The Labute approximate surface area is 59.5 Å². The van der Waals surface area contributed by atoms with Gasteiger partial charge in [0.05, 0.1) is 7.11 Å². The molecular weight excluding hydrogens is 158 g/mol. The Hall–Kier alpha value is -0.453. The molecule has 0 aliphatic heterocycles. The molecule has 0 atom stereocenters. The number of methoxy groups -OCH3 is 1. The number of ether oxygens (including phenoxy) is 1. The smallest absolute Gasteiger partial charge is 0.422 e. The van der Waals surface area contributed by atoms with Gasteiger partial charge in [0.15, 0.2) is 0 Å². The predicted octanol–water partition coefficient (Wildman–Crippen LogP) is 1.56. The molecule has 2 nitrogen and oxygen atoms in total. The highest BCUT2D eigenvalue weighted by Gasteiger charge is 2.28. The number of hydrogen-bond acceptors (Lipinski definition) is 2. The largest absolute Gasteiger partial charge is 0.469 e. The lowest BCUT2D eigenvalue weighted by atomic mass is 10.5. The quantitative estimate of drug-likeness (QED) is 0.363. The average Bonchev–Trinajstić information content (AvgIpc) is 1.81. The lowest BCUT2D eigenvalue weighted by molar-refractivity contribution is -0.140. The van der Waals surface area contributed by atoms with Crippen LogP contribution in [0, 0.1) is 0 Å². The van der Waals surface area contributed by atoms with Gasteiger partial charge >= 0.3 is 14.7 Å². The Morgan fingerprint density at radius 3 is 2.40 bits per heavy atom. The maximum absolute atomic E-state index is 12.2. The van der Waals surface area contributed by atoms with E-state index in [1.54, 1.807) is 0 Å². The summed E-state index contributed by atoms with van der Waals surface area (Å²) >= 11 is 0. The van der Waals surface area contributed by atoms with Gasteiger partial charge in [-0.25, -0.2) is 0 Å². The van der Waals surface area contributed by atoms with Crippen LogP contribution >= 0.6 is 0 Å². The third-order valence-electron chi connectivity index (χ3n) is 0.996. The van der Waals surface area contributed by atoms with E-state index in [4.69, 9.17) is 0 Å². The molecule has 0 radical (unpaired) electrons. The summed E-state index contributed by atoms with van der Waals surface area (Å²) in [6.07, 6.45) is -0.160. The first-order valence-corrected chi connectivity index (χ1v) is 5.36. The van der Waals surface area contributed by atoms with Gasteiger partial charge in [0, 0.05) is 12.5 Å². The van der Waals surface area contributed by atoms with Gasteiger partial charge in [-0.1, -0.05) is 0 Å². The molecule has 0 rings (SSSR count). The second kappa shape index (κ2) is 3.65. The summed E-state index contributed by atoms with van der Waals surface area (Å²) in [5, 5.41) is 0. The molecule has 0 unspecified atom stereocenters. The Bertz CT molecular complexity index is 121. The normalized spacial score (nSPS) is 11.2. The van der Waals surface area contributed by atoms with Gasteiger partial charge in [-0.3, -0.25) is 13.0 Å². The lowest BCUT2D eigenvalue weighted by Crippen LogP contribution is -2.17. The van der Waals surface area contributed by atoms with Gasteiger partial charge in [-0.05, 0) is 6.55 Å². The van der Waals surface area contributed by atoms with E-state index >= 15 is 0 Å². The van der Waals surface area contributed by atoms with Crippen LogP contribution < -0.4 is 0 Å². The first-order valence-electron chi connectivity index (χ1n) is 2.90. The highest BCUT2D eigenvalue weighted by atomic mass is 28.4. The number of esters is 1. The number of carbonyl (C=O) groups excluding carboxylic acids is 1. The SMILES string of the molecule is COC(=O)CC[Si](C)(F)F. The summed E-state index contributed by atoms with van der Waals surface area (Å²) in [5.74, 6) is -0.561. The van der Waals surface area contributed by atoms with Gasteiger partial charge in [0.25, 0.3) is 0 Å². The molecule has 0 heterocycles. The predicted molar refractivity (Wildman–Crippen MR) is 35.3 cm³/mol. The van der Waals surface area contributed by atoms with Crippen LogP contribution in [0.25, 0.3) is 0 Å². The Balaban J connectivity index is 3.46. The van der Waals surface area contributed by atoms with Crippen molar-refractivity contribution in [2.45, 2.75) is 19.0 Å². The second-order valence-electron chi connectivity index (χ2n) is 2.15. The standard InChI is InChI=1S/C5H10F2O2Si/c1-9-5(8)3-4-10(2,6)7/h3-4H2,1-2H3. The van der Waals surface area contributed by atoms with Gasteiger partial charge in [0.1, 0.15) is 0 Å².